The molecule has 0 aliphatic carbocycles. The molecule has 0 aliphatic rings. The summed E-state index contributed by atoms with van der Waals surface area (Å²) >= 11 is 0. The third kappa shape index (κ3) is 3.06. The van der Waals surface area contributed by atoms with E-state index in [-0.39, 0.29) is 11.6 Å². The van der Waals surface area contributed by atoms with Crippen LogP contribution in [0.2, 0.25) is 0 Å². The quantitative estimate of drug-likeness (QED) is 0.513. The molecule has 2 nitrogen and oxygen atoms in total. The molecule has 4 rings (SSSR count). The first-order valence-corrected chi connectivity index (χ1v) is 7.88. The Bertz CT molecular complexity index is 989. The Morgan fingerprint density at radius 3 is 1.76 bits per heavy atom. The van der Waals surface area contributed by atoms with Crippen LogP contribution in [0.3, 0.4) is 0 Å². The Morgan fingerprint density at radius 2 is 1.16 bits per heavy atom. The van der Waals surface area contributed by atoms with Gasteiger partial charge in [-0.3, -0.25) is 0 Å². The fourth-order valence-corrected chi connectivity index (χ4v) is 2.75. The molecule has 25 heavy (non-hydrogen) atoms. The molecule has 0 amide bonds. The molecule has 0 bridgehead atoms. The fraction of sp³-hybridized carbons (Fsp3) is 0. The summed E-state index contributed by atoms with van der Waals surface area (Å²) in [6, 6.07) is 22.2. The van der Waals surface area contributed by atoms with Crippen molar-refractivity contribution in [1.82, 2.24) is 9.97 Å². The van der Waals surface area contributed by atoms with E-state index in [1.807, 2.05) is 30.3 Å². The minimum atomic E-state index is -0.294. The van der Waals surface area contributed by atoms with Gasteiger partial charge in [0.25, 0.3) is 0 Å². The lowest BCUT2D eigenvalue weighted by Crippen LogP contribution is -1.84. The standard InChI is InChI=1S/C21H14F2N2/c22-17-10-6-15(7-11-17)20-19(14-4-2-1-3-5-14)24-21(25-20)16-8-12-18(23)13-9-16/h1-13H,(H,24,25). The fourth-order valence-electron chi connectivity index (χ4n) is 2.75. The topological polar surface area (TPSA) is 28.7 Å². The van der Waals surface area contributed by atoms with Gasteiger partial charge in [-0.05, 0) is 48.5 Å². The molecule has 0 spiro atoms. The second-order valence-electron chi connectivity index (χ2n) is 5.69. The highest BCUT2D eigenvalue weighted by atomic mass is 19.1. The molecule has 0 atom stereocenters. The molecule has 122 valence electrons. The van der Waals surface area contributed by atoms with Gasteiger partial charge in [0, 0.05) is 16.7 Å². The first kappa shape index (κ1) is 15.3. The van der Waals surface area contributed by atoms with Gasteiger partial charge < -0.3 is 4.98 Å². The number of halogens is 2. The Kier molecular flexibility index (Phi) is 3.86. The molecule has 1 N–H and O–H groups in total. The van der Waals surface area contributed by atoms with E-state index in [1.54, 1.807) is 24.3 Å². The molecule has 0 saturated carbocycles. The average Bonchev–Trinajstić information content (AvgIpc) is 3.09. The number of imidazole rings is 1. The number of rotatable bonds is 3. The van der Waals surface area contributed by atoms with Crippen molar-refractivity contribution < 1.29 is 8.78 Å². The van der Waals surface area contributed by atoms with E-state index in [0.717, 1.165) is 28.1 Å². The Balaban J connectivity index is 1.89. The van der Waals surface area contributed by atoms with Gasteiger partial charge in [0.15, 0.2) is 0 Å². The minimum Gasteiger partial charge on any atom is -0.337 e. The van der Waals surface area contributed by atoms with Crippen LogP contribution in [-0.2, 0) is 0 Å². The van der Waals surface area contributed by atoms with Crippen molar-refractivity contribution in [2.24, 2.45) is 0 Å². The van der Waals surface area contributed by atoms with Crippen molar-refractivity contribution in [1.29, 1.82) is 0 Å². The molecule has 1 heterocycles. The zero-order chi connectivity index (χ0) is 17.2. The van der Waals surface area contributed by atoms with Crippen molar-refractivity contribution in [2.75, 3.05) is 0 Å². The molecule has 4 heteroatoms. The van der Waals surface area contributed by atoms with Crippen LogP contribution in [0.5, 0.6) is 0 Å². The third-order valence-electron chi connectivity index (χ3n) is 4.00. The zero-order valence-corrected chi connectivity index (χ0v) is 13.2. The van der Waals surface area contributed by atoms with E-state index in [0.29, 0.717) is 5.82 Å². The Hall–Kier alpha value is -3.27. The van der Waals surface area contributed by atoms with Crippen molar-refractivity contribution in [3.8, 4) is 33.9 Å². The largest absolute Gasteiger partial charge is 0.337 e. The van der Waals surface area contributed by atoms with Gasteiger partial charge in [-0.15, -0.1) is 0 Å². The molecule has 3 aromatic carbocycles. The summed E-state index contributed by atoms with van der Waals surface area (Å²) in [5.74, 6) is 0.0545. The van der Waals surface area contributed by atoms with Crippen LogP contribution in [0, 0.1) is 11.6 Å². The second-order valence-corrected chi connectivity index (χ2v) is 5.69. The lowest BCUT2D eigenvalue weighted by Gasteiger charge is -2.03. The summed E-state index contributed by atoms with van der Waals surface area (Å²) in [4.78, 5) is 8.00. The minimum absolute atomic E-state index is 0.289. The molecule has 0 aliphatic heterocycles. The number of benzene rings is 3. The first-order chi connectivity index (χ1) is 12.2. The molecular weight excluding hydrogens is 318 g/mol. The molecule has 0 radical (unpaired) electrons. The number of aromatic amines is 1. The lowest BCUT2D eigenvalue weighted by molar-refractivity contribution is 0.627. The van der Waals surface area contributed by atoms with Gasteiger partial charge in [-0.2, -0.15) is 0 Å². The smallest absolute Gasteiger partial charge is 0.138 e. The van der Waals surface area contributed by atoms with Gasteiger partial charge in [0.05, 0.1) is 11.4 Å². The molecule has 0 unspecified atom stereocenters. The van der Waals surface area contributed by atoms with Crippen LogP contribution in [-0.4, -0.2) is 9.97 Å². The maximum Gasteiger partial charge on any atom is 0.138 e. The zero-order valence-electron chi connectivity index (χ0n) is 13.2. The number of nitrogens with zero attached hydrogens (tertiary/aromatic N) is 1. The maximum atomic E-state index is 13.3. The normalized spacial score (nSPS) is 10.8. The summed E-state index contributed by atoms with van der Waals surface area (Å²) in [5.41, 5.74) is 4.14. The first-order valence-electron chi connectivity index (χ1n) is 7.88. The van der Waals surface area contributed by atoms with Gasteiger partial charge in [0.2, 0.25) is 0 Å². The Labute approximate surface area is 143 Å². The van der Waals surface area contributed by atoms with Crippen LogP contribution in [0.1, 0.15) is 0 Å². The van der Waals surface area contributed by atoms with E-state index in [1.165, 1.54) is 24.3 Å². The highest BCUT2D eigenvalue weighted by molar-refractivity contribution is 5.81. The number of H-pyrrole nitrogens is 1. The lowest BCUT2D eigenvalue weighted by atomic mass is 10.1. The number of hydrogen-bond donors (Lipinski definition) is 1. The SMILES string of the molecule is Fc1ccc(-c2nc(-c3ccccc3)c(-c3ccc(F)cc3)[nH]2)cc1. The molecule has 0 fully saturated rings. The van der Waals surface area contributed by atoms with E-state index < -0.39 is 0 Å². The summed E-state index contributed by atoms with van der Waals surface area (Å²) in [7, 11) is 0. The van der Waals surface area contributed by atoms with Crippen LogP contribution in [0.15, 0.2) is 78.9 Å². The summed E-state index contributed by atoms with van der Waals surface area (Å²) in [6.07, 6.45) is 0. The number of hydrogen-bond acceptors (Lipinski definition) is 1. The number of nitrogens with one attached hydrogen (secondary N) is 1. The van der Waals surface area contributed by atoms with Crippen LogP contribution >= 0.6 is 0 Å². The predicted molar refractivity (Wildman–Crippen MR) is 94.8 cm³/mol. The second kappa shape index (κ2) is 6.32. The summed E-state index contributed by atoms with van der Waals surface area (Å²) < 4.78 is 26.5. The monoisotopic (exact) mass is 332 g/mol. The van der Waals surface area contributed by atoms with Crippen LogP contribution in [0.25, 0.3) is 33.9 Å². The van der Waals surface area contributed by atoms with Crippen molar-refractivity contribution in [3.63, 3.8) is 0 Å². The van der Waals surface area contributed by atoms with Crippen molar-refractivity contribution in [2.45, 2.75) is 0 Å². The van der Waals surface area contributed by atoms with Gasteiger partial charge in [-0.1, -0.05) is 30.3 Å². The van der Waals surface area contributed by atoms with Crippen molar-refractivity contribution >= 4 is 0 Å². The number of aromatic nitrogens is 2. The molecule has 0 saturated heterocycles. The maximum absolute atomic E-state index is 13.3. The van der Waals surface area contributed by atoms with Gasteiger partial charge in [0.1, 0.15) is 17.5 Å². The summed E-state index contributed by atoms with van der Waals surface area (Å²) in [5, 5.41) is 0. The summed E-state index contributed by atoms with van der Waals surface area (Å²) in [6.45, 7) is 0. The molecule has 1 aromatic heterocycles. The Morgan fingerprint density at radius 1 is 0.600 bits per heavy atom. The van der Waals surface area contributed by atoms with E-state index in [2.05, 4.69) is 4.98 Å². The molecule has 4 aromatic rings. The van der Waals surface area contributed by atoms with Crippen LogP contribution < -0.4 is 0 Å². The highest BCUT2D eigenvalue weighted by Gasteiger charge is 2.15. The van der Waals surface area contributed by atoms with E-state index >= 15 is 0 Å². The third-order valence-corrected chi connectivity index (χ3v) is 4.00. The van der Waals surface area contributed by atoms with Gasteiger partial charge >= 0.3 is 0 Å². The highest BCUT2D eigenvalue weighted by Crippen LogP contribution is 2.33. The average molecular weight is 332 g/mol. The van der Waals surface area contributed by atoms with Crippen molar-refractivity contribution in [3.05, 3.63) is 90.5 Å². The van der Waals surface area contributed by atoms with E-state index in [4.69, 9.17) is 4.98 Å². The van der Waals surface area contributed by atoms with E-state index in [9.17, 15) is 8.78 Å². The predicted octanol–water partition coefficient (Wildman–Crippen LogP) is 5.69. The van der Waals surface area contributed by atoms with Crippen LogP contribution in [0.4, 0.5) is 8.78 Å². The molecular formula is C21H14F2N2. The van der Waals surface area contributed by atoms with Gasteiger partial charge in [-0.25, -0.2) is 13.8 Å².